The number of ether oxygens (including phenoxy) is 1. The first kappa shape index (κ1) is 13.5. The van der Waals surface area contributed by atoms with Crippen molar-refractivity contribution in [3.8, 4) is 0 Å². The predicted molar refractivity (Wildman–Crippen MR) is 78.4 cm³/mol. The molecule has 2 saturated heterocycles. The van der Waals surface area contributed by atoms with Crippen LogP contribution < -0.4 is 5.32 Å². The third-order valence-corrected chi connectivity index (χ3v) is 5.31. The molecule has 0 aromatic carbocycles. The van der Waals surface area contributed by atoms with Gasteiger partial charge >= 0.3 is 0 Å². The molecule has 2 aliphatic rings. The van der Waals surface area contributed by atoms with Crippen molar-refractivity contribution in [2.24, 2.45) is 7.05 Å². The second-order valence-corrected chi connectivity index (χ2v) is 6.74. The number of rotatable bonds is 3. The average Bonchev–Trinajstić information content (AvgIpc) is 2.86. The van der Waals surface area contributed by atoms with Gasteiger partial charge in [0.05, 0.1) is 18.2 Å². The summed E-state index contributed by atoms with van der Waals surface area (Å²) < 4.78 is 7.99. The van der Waals surface area contributed by atoms with Crippen molar-refractivity contribution >= 4 is 11.8 Å². The third kappa shape index (κ3) is 3.33. The lowest BCUT2D eigenvalue weighted by molar-refractivity contribution is -0.00541. The molecule has 0 unspecified atom stereocenters. The zero-order valence-corrected chi connectivity index (χ0v) is 12.4. The molecule has 19 heavy (non-hydrogen) atoms. The standard InChI is InChI=1S/C14H23N3OS/c1-17-10-15-8-13(17)14-7-11(4-5-18-14)16-12-3-2-6-19-9-12/h8,10-12,14,16H,2-7,9H2,1H3/t11-,12+,14+/m1/s1. The molecule has 3 atom stereocenters. The van der Waals surface area contributed by atoms with E-state index in [0.717, 1.165) is 19.4 Å². The Balaban J connectivity index is 1.57. The maximum absolute atomic E-state index is 5.92. The van der Waals surface area contributed by atoms with Gasteiger partial charge < -0.3 is 14.6 Å². The lowest BCUT2D eigenvalue weighted by Crippen LogP contribution is -2.44. The van der Waals surface area contributed by atoms with Crippen LogP contribution in [0.2, 0.25) is 0 Å². The molecule has 1 aromatic rings. The van der Waals surface area contributed by atoms with Gasteiger partial charge in [-0.05, 0) is 31.4 Å². The van der Waals surface area contributed by atoms with Gasteiger partial charge in [0.1, 0.15) is 6.10 Å². The summed E-state index contributed by atoms with van der Waals surface area (Å²) in [5.74, 6) is 2.61. The Morgan fingerprint density at radius 1 is 1.42 bits per heavy atom. The minimum atomic E-state index is 0.204. The summed E-state index contributed by atoms with van der Waals surface area (Å²) in [5.41, 5.74) is 1.20. The van der Waals surface area contributed by atoms with Gasteiger partial charge in [-0.3, -0.25) is 0 Å². The summed E-state index contributed by atoms with van der Waals surface area (Å²) in [6.45, 7) is 0.855. The topological polar surface area (TPSA) is 39.1 Å². The zero-order valence-electron chi connectivity index (χ0n) is 11.5. The summed E-state index contributed by atoms with van der Waals surface area (Å²) in [6.07, 6.45) is 8.89. The Morgan fingerprint density at radius 3 is 3.11 bits per heavy atom. The van der Waals surface area contributed by atoms with Crippen molar-refractivity contribution < 1.29 is 4.74 Å². The first-order valence-electron chi connectivity index (χ1n) is 7.24. The number of nitrogens with one attached hydrogen (secondary N) is 1. The monoisotopic (exact) mass is 281 g/mol. The van der Waals surface area contributed by atoms with Gasteiger partial charge in [0.15, 0.2) is 0 Å². The zero-order chi connectivity index (χ0) is 13.1. The fourth-order valence-electron chi connectivity index (χ4n) is 3.04. The minimum Gasteiger partial charge on any atom is -0.372 e. The SMILES string of the molecule is Cn1cncc1[C@@H]1C[C@H](N[C@H]2CCCSC2)CCO1. The van der Waals surface area contributed by atoms with Crippen molar-refractivity contribution in [3.05, 3.63) is 18.2 Å². The van der Waals surface area contributed by atoms with Gasteiger partial charge in [-0.2, -0.15) is 11.8 Å². The molecule has 0 bridgehead atoms. The van der Waals surface area contributed by atoms with E-state index >= 15 is 0 Å². The lowest BCUT2D eigenvalue weighted by atomic mass is 9.99. The van der Waals surface area contributed by atoms with Gasteiger partial charge in [-0.1, -0.05) is 0 Å². The summed E-state index contributed by atoms with van der Waals surface area (Å²) in [6, 6.07) is 1.30. The van der Waals surface area contributed by atoms with Gasteiger partial charge in [0, 0.05) is 31.5 Å². The fraction of sp³-hybridized carbons (Fsp3) is 0.786. The Kier molecular flexibility index (Phi) is 4.45. The van der Waals surface area contributed by atoms with Crippen LogP contribution in [0.1, 0.15) is 37.5 Å². The smallest absolute Gasteiger partial charge is 0.100 e. The van der Waals surface area contributed by atoms with E-state index in [-0.39, 0.29) is 6.10 Å². The number of thioether (sulfide) groups is 1. The summed E-state index contributed by atoms with van der Waals surface area (Å²) in [4.78, 5) is 4.20. The van der Waals surface area contributed by atoms with Crippen LogP contribution in [0.3, 0.4) is 0 Å². The van der Waals surface area contributed by atoms with E-state index in [9.17, 15) is 0 Å². The van der Waals surface area contributed by atoms with Gasteiger partial charge in [0.25, 0.3) is 0 Å². The molecule has 1 aromatic heterocycles. The summed E-state index contributed by atoms with van der Waals surface area (Å²) >= 11 is 2.08. The van der Waals surface area contributed by atoms with Crippen LogP contribution in [0.25, 0.3) is 0 Å². The van der Waals surface area contributed by atoms with Crippen LogP contribution in [0.4, 0.5) is 0 Å². The van der Waals surface area contributed by atoms with Gasteiger partial charge in [0.2, 0.25) is 0 Å². The number of hydrogen-bond donors (Lipinski definition) is 1. The number of hydrogen-bond acceptors (Lipinski definition) is 4. The fourth-order valence-corrected chi connectivity index (χ4v) is 4.12. The summed E-state index contributed by atoms with van der Waals surface area (Å²) in [5, 5.41) is 3.84. The Bertz CT molecular complexity index is 403. The maximum Gasteiger partial charge on any atom is 0.100 e. The van der Waals surface area contributed by atoms with Crippen molar-refractivity contribution in [2.45, 2.75) is 43.9 Å². The molecule has 0 aliphatic carbocycles. The molecule has 0 spiro atoms. The van der Waals surface area contributed by atoms with Crippen LogP contribution in [-0.4, -0.2) is 39.7 Å². The van der Waals surface area contributed by atoms with E-state index in [1.165, 1.54) is 30.0 Å². The normalized spacial score (nSPS) is 32.4. The molecule has 4 nitrogen and oxygen atoms in total. The maximum atomic E-state index is 5.92. The Labute approximate surface area is 119 Å². The molecule has 1 N–H and O–H groups in total. The van der Waals surface area contributed by atoms with E-state index < -0.39 is 0 Å². The highest BCUT2D eigenvalue weighted by molar-refractivity contribution is 7.99. The van der Waals surface area contributed by atoms with Crippen LogP contribution in [0.5, 0.6) is 0 Å². The van der Waals surface area contributed by atoms with Crippen molar-refractivity contribution in [2.75, 3.05) is 18.1 Å². The highest BCUT2D eigenvalue weighted by Crippen LogP contribution is 2.28. The van der Waals surface area contributed by atoms with Crippen molar-refractivity contribution in [3.63, 3.8) is 0 Å². The molecule has 3 rings (SSSR count). The lowest BCUT2D eigenvalue weighted by Gasteiger charge is -2.34. The van der Waals surface area contributed by atoms with E-state index in [0.29, 0.717) is 12.1 Å². The molecule has 2 aliphatic heterocycles. The van der Waals surface area contributed by atoms with E-state index in [1.54, 1.807) is 0 Å². The van der Waals surface area contributed by atoms with Gasteiger partial charge in [-0.25, -0.2) is 4.98 Å². The average molecular weight is 281 g/mol. The quantitative estimate of drug-likeness (QED) is 0.921. The second kappa shape index (κ2) is 6.29. The number of nitrogens with zero attached hydrogens (tertiary/aromatic N) is 2. The largest absolute Gasteiger partial charge is 0.372 e. The minimum absolute atomic E-state index is 0.204. The number of aryl methyl sites for hydroxylation is 1. The Hall–Kier alpha value is -0.520. The Morgan fingerprint density at radius 2 is 2.37 bits per heavy atom. The molecule has 0 saturated carbocycles. The molecule has 106 valence electrons. The second-order valence-electron chi connectivity index (χ2n) is 5.59. The van der Waals surface area contributed by atoms with Crippen LogP contribution >= 0.6 is 11.8 Å². The molecule has 2 fully saturated rings. The number of imidazole rings is 1. The number of aromatic nitrogens is 2. The molecule has 3 heterocycles. The first-order chi connectivity index (χ1) is 9.33. The molecular weight excluding hydrogens is 258 g/mol. The van der Waals surface area contributed by atoms with Crippen LogP contribution in [0, 0.1) is 0 Å². The molecule has 5 heteroatoms. The predicted octanol–water partition coefficient (Wildman–Crippen LogP) is 2.13. The molecular formula is C14H23N3OS. The third-order valence-electron chi connectivity index (χ3n) is 4.10. The summed E-state index contributed by atoms with van der Waals surface area (Å²) in [7, 11) is 2.04. The molecule has 0 radical (unpaired) electrons. The van der Waals surface area contributed by atoms with Gasteiger partial charge in [-0.15, -0.1) is 0 Å². The van der Waals surface area contributed by atoms with Crippen molar-refractivity contribution in [1.82, 2.24) is 14.9 Å². The van der Waals surface area contributed by atoms with E-state index in [1.807, 2.05) is 19.6 Å². The van der Waals surface area contributed by atoms with E-state index in [2.05, 4.69) is 26.6 Å². The van der Waals surface area contributed by atoms with Crippen LogP contribution in [-0.2, 0) is 11.8 Å². The van der Waals surface area contributed by atoms with Crippen molar-refractivity contribution in [1.29, 1.82) is 0 Å². The van der Waals surface area contributed by atoms with Crippen LogP contribution in [0.15, 0.2) is 12.5 Å². The highest BCUT2D eigenvalue weighted by Gasteiger charge is 2.27. The highest BCUT2D eigenvalue weighted by atomic mass is 32.2. The first-order valence-corrected chi connectivity index (χ1v) is 8.40. The molecule has 0 amide bonds. The van der Waals surface area contributed by atoms with E-state index in [4.69, 9.17) is 4.74 Å².